The highest BCUT2D eigenvalue weighted by atomic mass is 79.9. The number of benzene rings is 2. The van der Waals surface area contributed by atoms with Crippen LogP contribution >= 0.6 is 15.9 Å². The molecule has 0 amide bonds. The van der Waals surface area contributed by atoms with Crippen LogP contribution < -0.4 is 0 Å². The predicted molar refractivity (Wildman–Crippen MR) is 120 cm³/mol. The van der Waals surface area contributed by atoms with E-state index in [4.69, 9.17) is 9.47 Å². The van der Waals surface area contributed by atoms with E-state index in [9.17, 15) is 9.59 Å². The van der Waals surface area contributed by atoms with Crippen LogP contribution in [0, 0.1) is 13.8 Å². The van der Waals surface area contributed by atoms with Crippen molar-refractivity contribution in [3.05, 3.63) is 69.2 Å². The zero-order valence-corrected chi connectivity index (χ0v) is 20.1. The van der Waals surface area contributed by atoms with Crippen LogP contribution in [0.2, 0.25) is 0 Å². The fourth-order valence-corrected chi connectivity index (χ4v) is 2.46. The van der Waals surface area contributed by atoms with Crippen LogP contribution in [0.4, 0.5) is 0 Å². The second-order valence-corrected chi connectivity index (χ2v) is 9.69. The van der Waals surface area contributed by atoms with Gasteiger partial charge in [0.25, 0.3) is 0 Å². The number of aryl methyl sites for hydroxylation is 2. The molecule has 2 rings (SSSR count). The van der Waals surface area contributed by atoms with Crippen LogP contribution in [0.15, 0.2) is 46.9 Å². The number of hydrogen-bond donors (Lipinski definition) is 0. The highest BCUT2D eigenvalue weighted by Gasteiger charge is 2.18. The molecule has 2 aromatic rings. The molecule has 158 valence electrons. The van der Waals surface area contributed by atoms with E-state index in [1.165, 1.54) is 0 Å². The van der Waals surface area contributed by atoms with E-state index in [0.717, 1.165) is 15.6 Å². The first-order valence-electron chi connectivity index (χ1n) is 9.47. The quantitative estimate of drug-likeness (QED) is 0.467. The highest BCUT2D eigenvalue weighted by Crippen LogP contribution is 2.19. The third kappa shape index (κ3) is 9.75. The Morgan fingerprint density at radius 3 is 1.66 bits per heavy atom. The van der Waals surface area contributed by atoms with Crippen molar-refractivity contribution >= 4 is 27.9 Å². The number of carbonyl (C=O) groups excluding carboxylic acids is 2. The molecule has 0 aliphatic carbocycles. The lowest BCUT2D eigenvalue weighted by molar-refractivity contribution is 0.00569. The van der Waals surface area contributed by atoms with Gasteiger partial charge in [-0.05, 0) is 91.3 Å². The number of carbonyl (C=O) groups is 2. The normalized spacial score (nSPS) is 11.2. The molecule has 0 fully saturated rings. The van der Waals surface area contributed by atoms with Crippen molar-refractivity contribution in [1.29, 1.82) is 0 Å². The summed E-state index contributed by atoms with van der Waals surface area (Å²) in [5.74, 6) is -0.542. The second kappa shape index (κ2) is 10.1. The van der Waals surface area contributed by atoms with Crippen molar-refractivity contribution < 1.29 is 19.1 Å². The summed E-state index contributed by atoms with van der Waals surface area (Å²) < 4.78 is 11.5. The maximum Gasteiger partial charge on any atom is 0.338 e. The summed E-state index contributed by atoms with van der Waals surface area (Å²) in [5.41, 5.74) is 2.41. The zero-order valence-electron chi connectivity index (χ0n) is 18.6. The van der Waals surface area contributed by atoms with Crippen molar-refractivity contribution in [3.63, 3.8) is 0 Å². The summed E-state index contributed by atoms with van der Waals surface area (Å²) >= 11 is 3.39. The van der Waals surface area contributed by atoms with E-state index in [0.29, 0.717) is 11.1 Å². The first-order chi connectivity index (χ1) is 13.2. The molecule has 0 unspecified atom stereocenters. The third-order valence-electron chi connectivity index (χ3n) is 3.45. The molecule has 2 aromatic carbocycles. The Bertz CT molecular complexity index is 858. The summed E-state index contributed by atoms with van der Waals surface area (Å²) in [5, 5.41) is 0. The smallest absolute Gasteiger partial charge is 0.338 e. The van der Waals surface area contributed by atoms with Crippen LogP contribution in [0.3, 0.4) is 0 Å². The number of halogens is 1. The number of esters is 2. The maximum absolute atomic E-state index is 11.7. The first kappa shape index (κ1) is 24.9. The second-order valence-electron chi connectivity index (χ2n) is 8.84. The van der Waals surface area contributed by atoms with Crippen molar-refractivity contribution in [2.24, 2.45) is 0 Å². The molecule has 0 aliphatic rings. The van der Waals surface area contributed by atoms with Gasteiger partial charge in [0, 0.05) is 4.47 Å². The molecule has 4 nitrogen and oxygen atoms in total. The summed E-state index contributed by atoms with van der Waals surface area (Å²) in [6, 6.07) is 12.8. The minimum Gasteiger partial charge on any atom is -0.456 e. The van der Waals surface area contributed by atoms with Crippen LogP contribution in [0.5, 0.6) is 0 Å². The minimum absolute atomic E-state index is 0.263. The summed E-state index contributed by atoms with van der Waals surface area (Å²) in [6.45, 7) is 15.1. The van der Waals surface area contributed by atoms with Gasteiger partial charge in [-0.1, -0.05) is 33.6 Å². The Morgan fingerprint density at radius 2 is 1.24 bits per heavy atom. The molecule has 0 heterocycles. The van der Waals surface area contributed by atoms with Gasteiger partial charge in [0.15, 0.2) is 0 Å². The van der Waals surface area contributed by atoms with Gasteiger partial charge < -0.3 is 9.47 Å². The van der Waals surface area contributed by atoms with Crippen LogP contribution in [-0.4, -0.2) is 23.1 Å². The van der Waals surface area contributed by atoms with Gasteiger partial charge in [-0.25, -0.2) is 9.59 Å². The molecule has 0 saturated heterocycles. The van der Waals surface area contributed by atoms with Gasteiger partial charge in [0.2, 0.25) is 0 Å². The Balaban J connectivity index is 0.000000291. The average Bonchev–Trinajstić information content (AvgIpc) is 2.55. The lowest BCUT2D eigenvalue weighted by atomic mass is 10.1. The summed E-state index contributed by atoms with van der Waals surface area (Å²) in [7, 11) is 0. The average molecular weight is 463 g/mol. The lowest BCUT2D eigenvalue weighted by Gasteiger charge is -2.19. The molecule has 5 heteroatoms. The fraction of sp³-hybridized carbons (Fsp3) is 0.417. The lowest BCUT2D eigenvalue weighted by Crippen LogP contribution is -2.23. The first-order valence-corrected chi connectivity index (χ1v) is 10.3. The predicted octanol–water partition coefficient (Wildman–Crippen LogP) is 6.66. The van der Waals surface area contributed by atoms with E-state index in [1.54, 1.807) is 12.1 Å². The standard InChI is InChI=1S/C12H15BrO2.C12H16O2/c1-8-7-9(5-6-10(8)13)11(14)15-12(2,3)4;1-9-6-5-7-10(8-9)11(13)14-12(2,3)4/h5-7H,1-4H3;5-8H,1-4H3. The minimum atomic E-state index is -0.446. The van der Waals surface area contributed by atoms with Crippen LogP contribution in [-0.2, 0) is 9.47 Å². The number of hydrogen-bond acceptors (Lipinski definition) is 4. The van der Waals surface area contributed by atoms with Gasteiger partial charge in [0.05, 0.1) is 11.1 Å². The Morgan fingerprint density at radius 1 is 0.759 bits per heavy atom. The molecular formula is C24H31BrO4. The van der Waals surface area contributed by atoms with Gasteiger partial charge >= 0.3 is 11.9 Å². The Labute approximate surface area is 182 Å². The van der Waals surface area contributed by atoms with Crippen LogP contribution in [0.25, 0.3) is 0 Å². The van der Waals surface area contributed by atoms with Gasteiger partial charge in [-0.3, -0.25) is 0 Å². The van der Waals surface area contributed by atoms with E-state index < -0.39 is 11.2 Å². The number of rotatable bonds is 2. The Hall–Kier alpha value is -2.14. The third-order valence-corrected chi connectivity index (χ3v) is 4.33. The molecule has 0 saturated carbocycles. The maximum atomic E-state index is 11.7. The monoisotopic (exact) mass is 462 g/mol. The largest absolute Gasteiger partial charge is 0.456 e. The van der Waals surface area contributed by atoms with E-state index in [1.807, 2.05) is 85.7 Å². The molecule has 0 aliphatic heterocycles. The van der Waals surface area contributed by atoms with Crippen molar-refractivity contribution in [2.45, 2.75) is 66.6 Å². The fourth-order valence-electron chi connectivity index (χ4n) is 2.22. The van der Waals surface area contributed by atoms with E-state index >= 15 is 0 Å². The van der Waals surface area contributed by atoms with Crippen LogP contribution in [0.1, 0.15) is 73.4 Å². The molecule has 0 atom stereocenters. The van der Waals surface area contributed by atoms with E-state index in [2.05, 4.69) is 15.9 Å². The van der Waals surface area contributed by atoms with Gasteiger partial charge in [-0.15, -0.1) is 0 Å². The zero-order chi connectivity index (χ0) is 22.4. The highest BCUT2D eigenvalue weighted by molar-refractivity contribution is 9.10. The molecule has 0 spiro atoms. The number of ether oxygens (including phenoxy) is 2. The van der Waals surface area contributed by atoms with Gasteiger partial charge in [0.1, 0.15) is 11.2 Å². The van der Waals surface area contributed by atoms with E-state index in [-0.39, 0.29) is 11.9 Å². The van der Waals surface area contributed by atoms with Crippen molar-refractivity contribution in [1.82, 2.24) is 0 Å². The molecule has 29 heavy (non-hydrogen) atoms. The van der Waals surface area contributed by atoms with Gasteiger partial charge in [-0.2, -0.15) is 0 Å². The molecule has 0 aromatic heterocycles. The molecular weight excluding hydrogens is 432 g/mol. The summed E-state index contributed by atoms with van der Waals surface area (Å²) in [4.78, 5) is 23.3. The molecule has 0 radical (unpaired) electrons. The summed E-state index contributed by atoms with van der Waals surface area (Å²) in [6.07, 6.45) is 0. The Kier molecular flexibility index (Phi) is 8.64. The topological polar surface area (TPSA) is 52.6 Å². The molecule has 0 N–H and O–H groups in total. The van der Waals surface area contributed by atoms with Crippen molar-refractivity contribution in [3.8, 4) is 0 Å². The van der Waals surface area contributed by atoms with Crippen molar-refractivity contribution in [2.75, 3.05) is 0 Å². The molecule has 0 bridgehead atoms. The SMILES string of the molecule is Cc1cc(C(=O)OC(C)(C)C)ccc1Br.Cc1cccc(C(=O)OC(C)(C)C)c1.